The zero-order valence-electron chi connectivity index (χ0n) is 15.8. The molecule has 2 aromatic rings. The summed E-state index contributed by atoms with van der Waals surface area (Å²) in [5.74, 6) is 1.63. The van der Waals surface area contributed by atoms with Gasteiger partial charge in [0.15, 0.2) is 0 Å². The van der Waals surface area contributed by atoms with Crippen LogP contribution in [0.2, 0.25) is 0 Å². The van der Waals surface area contributed by atoms with Gasteiger partial charge in [-0.2, -0.15) is 0 Å². The molecule has 7 nitrogen and oxygen atoms in total. The molecular weight excluding hydrogens is 401 g/mol. The van der Waals surface area contributed by atoms with Gasteiger partial charge in [-0.1, -0.05) is 6.07 Å². The van der Waals surface area contributed by atoms with E-state index in [1.807, 2.05) is 24.4 Å². The molecule has 0 spiro atoms. The Morgan fingerprint density at radius 2 is 1.93 bits per heavy atom. The van der Waals surface area contributed by atoms with Crippen LogP contribution in [0.4, 0.5) is 17.2 Å². The first-order valence-electron chi connectivity index (χ1n) is 8.77. The van der Waals surface area contributed by atoms with E-state index < -0.39 is 0 Å². The van der Waals surface area contributed by atoms with Gasteiger partial charge in [0.2, 0.25) is 5.91 Å². The number of nitrogens with one attached hydrogen (secondary N) is 1. The maximum Gasteiger partial charge on any atom is 0.225 e. The summed E-state index contributed by atoms with van der Waals surface area (Å²) in [7, 11) is 1.59. The Balaban J connectivity index is 0.00000196. The fourth-order valence-corrected chi connectivity index (χ4v) is 2.98. The SMILES string of the molecule is COc1ccc(N)c(NC(=O)CCN2CCN(c3ccccn3)CC2)c1.Cl.Cl. The van der Waals surface area contributed by atoms with Crippen LogP contribution in [0.15, 0.2) is 42.6 Å². The lowest BCUT2D eigenvalue weighted by atomic mass is 10.2. The van der Waals surface area contributed by atoms with Crippen molar-refractivity contribution in [3.05, 3.63) is 42.6 Å². The van der Waals surface area contributed by atoms with Gasteiger partial charge >= 0.3 is 0 Å². The lowest BCUT2D eigenvalue weighted by Gasteiger charge is -2.35. The predicted molar refractivity (Wildman–Crippen MR) is 118 cm³/mol. The first kappa shape index (κ1) is 23.8. The number of amides is 1. The number of rotatable bonds is 6. The molecule has 2 heterocycles. The Bertz CT molecular complexity index is 740. The number of halogens is 2. The molecule has 1 aliphatic rings. The van der Waals surface area contributed by atoms with Crippen molar-refractivity contribution < 1.29 is 9.53 Å². The molecule has 0 saturated carbocycles. The minimum Gasteiger partial charge on any atom is -0.497 e. The van der Waals surface area contributed by atoms with Crippen molar-refractivity contribution in [3.8, 4) is 5.75 Å². The highest BCUT2D eigenvalue weighted by Crippen LogP contribution is 2.24. The molecule has 1 amide bonds. The fourth-order valence-electron chi connectivity index (χ4n) is 2.98. The summed E-state index contributed by atoms with van der Waals surface area (Å²) >= 11 is 0. The number of aromatic nitrogens is 1. The van der Waals surface area contributed by atoms with Gasteiger partial charge in [-0.25, -0.2) is 4.98 Å². The van der Waals surface area contributed by atoms with Crippen LogP contribution in [-0.2, 0) is 4.79 Å². The number of hydrogen-bond acceptors (Lipinski definition) is 6. The molecule has 1 aromatic heterocycles. The molecule has 1 fully saturated rings. The summed E-state index contributed by atoms with van der Waals surface area (Å²) in [5, 5.41) is 2.87. The van der Waals surface area contributed by atoms with Gasteiger partial charge in [0.1, 0.15) is 11.6 Å². The van der Waals surface area contributed by atoms with Gasteiger partial charge in [0.05, 0.1) is 18.5 Å². The van der Waals surface area contributed by atoms with Crippen molar-refractivity contribution in [2.75, 3.05) is 55.8 Å². The molecule has 28 heavy (non-hydrogen) atoms. The monoisotopic (exact) mass is 427 g/mol. The zero-order chi connectivity index (χ0) is 18.4. The largest absolute Gasteiger partial charge is 0.497 e. The Hall–Kier alpha value is -2.22. The van der Waals surface area contributed by atoms with E-state index in [0.717, 1.165) is 38.5 Å². The molecular formula is C19H27Cl2N5O2. The van der Waals surface area contributed by atoms with E-state index in [0.29, 0.717) is 23.5 Å². The van der Waals surface area contributed by atoms with Crippen LogP contribution in [0.25, 0.3) is 0 Å². The van der Waals surface area contributed by atoms with Crippen molar-refractivity contribution in [3.63, 3.8) is 0 Å². The normalized spacial score (nSPS) is 13.8. The van der Waals surface area contributed by atoms with Crippen LogP contribution in [-0.4, -0.2) is 55.6 Å². The zero-order valence-corrected chi connectivity index (χ0v) is 17.5. The Kier molecular flexibility index (Phi) is 9.85. The summed E-state index contributed by atoms with van der Waals surface area (Å²) in [4.78, 5) is 21.2. The first-order chi connectivity index (χ1) is 12.7. The van der Waals surface area contributed by atoms with E-state index in [9.17, 15) is 4.79 Å². The Labute approximate surface area is 178 Å². The molecule has 0 aliphatic carbocycles. The third-order valence-electron chi connectivity index (χ3n) is 4.54. The second-order valence-electron chi connectivity index (χ2n) is 6.27. The Morgan fingerprint density at radius 3 is 2.57 bits per heavy atom. The molecule has 9 heteroatoms. The van der Waals surface area contributed by atoms with Gasteiger partial charge in [0, 0.05) is 51.4 Å². The van der Waals surface area contributed by atoms with Crippen molar-refractivity contribution in [1.29, 1.82) is 0 Å². The number of piperazine rings is 1. The quantitative estimate of drug-likeness (QED) is 0.689. The summed E-state index contributed by atoms with van der Waals surface area (Å²) < 4.78 is 5.17. The number of nitrogen functional groups attached to an aromatic ring is 1. The van der Waals surface area contributed by atoms with E-state index in [2.05, 4.69) is 20.1 Å². The van der Waals surface area contributed by atoms with Crippen LogP contribution in [0.3, 0.4) is 0 Å². The lowest BCUT2D eigenvalue weighted by molar-refractivity contribution is -0.116. The summed E-state index contributed by atoms with van der Waals surface area (Å²) in [6, 6.07) is 11.2. The topological polar surface area (TPSA) is 83.7 Å². The fraction of sp³-hybridized carbons (Fsp3) is 0.368. The molecule has 154 valence electrons. The van der Waals surface area contributed by atoms with Crippen LogP contribution in [0.1, 0.15) is 6.42 Å². The lowest BCUT2D eigenvalue weighted by Crippen LogP contribution is -2.47. The van der Waals surface area contributed by atoms with Crippen LogP contribution >= 0.6 is 24.8 Å². The van der Waals surface area contributed by atoms with Crippen LogP contribution in [0.5, 0.6) is 5.75 Å². The number of ether oxygens (including phenoxy) is 1. The number of carbonyl (C=O) groups excluding carboxylic acids is 1. The minimum atomic E-state index is -0.0443. The molecule has 0 atom stereocenters. The standard InChI is InChI=1S/C19H25N5O2.2ClH/c1-26-15-5-6-16(20)17(14-15)22-19(25)7-9-23-10-12-24(13-11-23)18-4-2-3-8-21-18;;/h2-6,8,14H,7,9-13,20H2,1H3,(H,22,25);2*1H. The number of methoxy groups -OCH3 is 1. The second kappa shape index (κ2) is 11.6. The number of pyridine rings is 1. The molecule has 1 aromatic carbocycles. The first-order valence-corrected chi connectivity index (χ1v) is 8.77. The van der Waals surface area contributed by atoms with E-state index in [-0.39, 0.29) is 30.7 Å². The van der Waals surface area contributed by atoms with Gasteiger partial charge in [0.25, 0.3) is 0 Å². The number of benzene rings is 1. The maximum absolute atomic E-state index is 12.2. The summed E-state index contributed by atoms with van der Waals surface area (Å²) in [6.45, 7) is 4.41. The molecule has 1 saturated heterocycles. The number of nitrogens with two attached hydrogens (primary N) is 1. The summed E-state index contributed by atoms with van der Waals surface area (Å²) in [5.41, 5.74) is 7.03. The number of hydrogen-bond donors (Lipinski definition) is 2. The third-order valence-corrected chi connectivity index (χ3v) is 4.54. The van der Waals surface area contributed by atoms with E-state index in [4.69, 9.17) is 10.5 Å². The van der Waals surface area contributed by atoms with Crippen molar-refractivity contribution >= 4 is 47.9 Å². The number of carbonyl (C=O) groups is 1. The highest BCUT2D eigenvalue weighted by atomic mass is 35.5. The molecule has 1 aliphatic heterocycles. The van der Waals surface area contributed by atoms with Crippen molar-refractivity contribution in [2.24, 2.45) is 0 Å². The van der Waals surface area contributed by atoms with Crippen molar-refractivity contribution in [2.45, 2.75) is 6.42 Å². The minimum absolute atomic E-state index is 0. The molecule has 0 unspecified atom stereocenters. The second-order valence-corrected chi connectivity index (χ2v) is 6.27. The smallest absolute Gasteiger partial charge is 0.225 e. The van der Waals surface area contributed by atoms with Crippen LogP contribution in [0, 0.1) is 0 Å². The summed E-state index contributed by atoms with van der Waals surface area (Å²) in [6.07, 6.45) is 2.25. The van der Waals surface area contributed by atoms with E-state index in [1.165, 1.54) is 0 Å². The van der Waals surface area contributed by atoms with Gasteiger partial charge in [-0.05, 0) is 24.3 Å². The maximum atomic E-state index is 12.2. The van der Waals surface area contributed by atoms with Gasteiger partial charge < -0.3 is 20.7 Å². The molecule has 3 N–H and O–H groups in total. The predicted octanol–water partition coefficient (Wildman–Crippen LogP) is 2.67. The molecule has 0 bridgehead atoms. The van der Waals surface area contributed by atoms with Crippen molar-refractivity contribution in [1.82, 2.24) is 9.88 Å². The van der Waals surface area contributed by atoms with E-state index in [1.54, 1.807) is 25.3 Å². The molecule has 0 radical (unpaired) electrons. The van der Waals surface area contributed by atoms with Gasteiger partial charge in [-0.15, -0.1) is 24.8 Å². The molecule has 3 rings (SSSR count). The van der Waals surface area contributed by atoms with Gasteiger partial charge in [-0.3, -0.25) is 9.69 Å². The average molecular weight is 428 g/mol. The highest BCUT2D eigenvalue weighted by molar-refractivity contribution is 5.94. The number of nitrogens with zero attached hydrogens (tertiary/aromatic N) is 3. The van der Waals surface area contributed by atoms with Crippen LogP contribution < -0.4 is 20.7 Å². The third kappa shape index (κ3) is 6.44. The average Bonchev–Trinajstić information content (AvgIpc) is 2.69. The Morgan fingerprint density at radius 1 is 1.18 bits per heavy atom. The highest BCUT2D eigenvalue weighted by Gasteiger charge is 2.18. The van der Waals surface area contributed by atoms with E-state index >= 15 is 0 Å². The number of anilines is 3.